The molecule has 0 radical (unpaired) electrons. The van der Waals surface area contributed by atoms with E-state index >= 15 is 0 Å². The number of nitrogens with zero attached hydrogens (tertiary/aromatic N) is 1. The molecule has 0 bridgehead atoms. The van der Waals surface area contributed by atoms with Crippen molar-refractivity contribution in [2.75, 3.05) is 35.3 Å². The molecule has 1 amide bonds. The molecule has 1 saturated heterocycles. The molecule has 1 fully saturated rings. The number of rotatable bonds is 9. The number of carbonyl (C=O) groups excluding carboxylic acids is 1. The fourth-order valence-corrected chi connectivity index (χ4v) is 5.66. The average molecular weight is 494 g/mol. The van der Waals surface area contributed by atoms with Gasteiger partial charge in [-0.3, -0.25) is 4.79 Å². The summed E-state index contributed by atoms with van der Waals surface area (Å²) in [7, 11) is -7.39. The van der Waals surface area contributed by atoms with Crippen LogP contribution in [0.25, 0.3) is 0 Å². The molecule has 2 aromatic rings. The Hall–Kier alpha value is -2.43. The largest absolute Gasteiger partial charge is 0.372 e. The number of sulfone groups is 1. The highest BCUT2D eigenvalue weighted by Gasteiger charge is 2.27. The topological polar surface area (TPSA) is 113 Å². The highest BCUT2D eigenvalue weighted by Crippen LogP contribution is 2.22. The molecule has 1 aliphatic rings. The van der Waals surface area contributed by atoms with Gasteiger partial charge in [-0.25, -0.2) is 16.8 Å². The molecular formula is C23H31N3O5S2. The van der Waals surface area contributed by atoms with Gasteiger partial charge in [0.2, 0.25) is 15.9 Å². The predicted octanol–water partition coefficient (Wildman–Crippen LogP) is 2.79. The Morgan fingerprint density at radius 2 is 1.52 bits per heavy atom. The zero-order valence-corrected chi connectivity index (χ0v) is 20.4. The maximum absolute atomic E-state index is 12.9. The predicted molar refractivity (Wildman–Crippen MR) is 131 cm³/mol. The summed E-state index contributed by atoms with van der Waals surface area (Å²) < 4.78 is 51.1. The number of anilines is 2. The second-order valence-electron chi connectivity index (χ2n) is 8.34. The van der Waals surface area contributed by atoms with E-state index in [1.54, 1.807) is 30.3 Å². The normalized spacial score (nSPS) is 16.1. The number of amides is 1. The van der Waals surface area contributed by atoms with E-state index in [2.05, 4.69) is 14.9 Å². The smallest absolute Gasteiger partial charge is 0.242 e. The van der Waals surface area contributed by atoms with Crippen LogP contribution in [0.5, 0.6) is 0 Å². The molecule has 0 spiro atoms. The van der Waals surface area contributed by atoms with Crippen LogP contribution in [-0.4, -0.2) is 53.9 Å². The van der Waals surface area contributed by atoms with E-state index in [0.717, 1.165) is 37.9 Å². The van der Waals surface area contributed by atoms with Gasteiger partial charge < -0.3 is 10.2 Å². The third-order valence-electron chi connectivity index (χ3n) is 5.55. The molecule has 10 heteroatoms. The first-order valence-electron chi connectivity index (χ1n) is 11.0. The summed E-state index contributed by atoms with van der Waals surface area (Å²) in [5, 5.41) is 2.72. The van der Waals surface area contributed by atoms with Crippen molar-refractivity contribution in [1.82, 2.24) is 4.72 Å². The standard InChI is InChI=1S/C23H31N3O5S2/c1-32(28,29)18-15-22(25-33(30,31)21-9-5-4-6-10-21)23(27)24-19-11-13-20(14-12-19)26-16-7-2-3-8-17-26/h4-6,9-14,22,25H,2-3,7-8,15-18H2,1H3,(H,24,27)/t22-/m1/s1. The maximum atomic E-state index is 12.9. The Kier molecular flexibility index (Phi) is 8.50. The lowest BCUT2D eigenvalue weighted by Crippen LogP contribution is -2.44. The molecular weight excluding hydrogens is 462 g/mol. The van der Waals surface area contributed by atoms with E-state index in [1.807, 2.05) is 12.1 Å². The second kappa shape index (κ2) is 11.1. The molecule has 1 heterocycles. The van der Waals surface area contributed by atoms with E-state index in [0.29, 0.717) is 5.69 Å². The van der Waals surface area contributed by atoms with E-state index in [1.165, 1.54) is 25.0 Å². The number of hydrogen-bond acceptors (Lipinski definition) is 6. The third-order valence-corrected chi connectivity index (χ3v) is 8.02. The number of nitrogens with one attached hydrogen (secondary N) is 2. The minimum atomic E-state index is -4.00. The van der Waals surface area contributed by atoms with Crippen LogP contribution >= 0.6 is 0 Å². The van der Waals surface area contributed by atoms with Gasteiger partial charge in [0.1, 0.15) is 15.9 Å². The molecule has 0 aromatic heterocycles. The van der Waals surface area contributed by atoms with Crippen LogP contribution in [0.3, 0.4) is 0 Å². The molecule has 180 valence electrons. The summed E-state index contributed by atoms with van der Waals surface area (Å²) in [5.74, 6) is -0.934. The number of sulfonamides is 1. The van der Waals surface area contributed by atoms with Crippen molar-refractivity contribution in [3.05, 3.63) is 54.6 Å². The van der Waals surface area contributed by atoms with Crippen molar-refractivity contribution in [2.24, 2.45) is 0 Å². The monoisotopic (exact) mass is 493 g/mol. The van der Waals surface area contributed by atoms with Crippen LogP contribution in [0, 0.1) is 0 Å². The maximum Gasteiger partial charge on any atom is 0.242 e. The van der Waals surface area contributed by atoms with Crippen LogP contribution in [0.1, 0.15) is 32.1 Å². The zero-order valence-electron chi connectivity index (χ0n) is 18.7. The molecule has 3 rings (SSSR count). The first-order valence-corrected chi connectivity index (χ1v) is 14.6. The van der Waals surface area contributed by atoms with Gasteiger partial charge in [-0.2, -0.15) is 4.72 Å². The lowest BCUT2D eigenvalue weighted by atomic mass is 10.2. The van der Waals surface area contributed by atoms with Gasteiger partial charge in [0.05, 0.1) is 10.6 Å². The van der Waals surface area contributed by atoms with Crippen molar-refractivity contribution in [1.29, 1.82) is 0 Å². The number of carbonyl (C=O) groups is 1. The highest BCUT2D eigenvalue weighted by atomic mass is 32.2. The SMILES string of the molecule is CS(=O)(=O)CC[C@@H](NS(=O)(=O)c1ccccc1)C(=O)Nc1ccc(N2CCCCCC2)cc1. The average Bonchev–Trinajstić information content (AvgIpc) is 3.07. The van der Waals surface area contributed by atoms with Crippen LogP contribution in [0.15, 0.2) is 59.5 Å². The van der Waals surface area contributed by atoms with Gasteiger partial charge in [-0.1, -0.05) is 31.0 Å². The van der Waals surface area contributed by atoms with Gasteiger partial charge in [0.25, 0.3) is 0 Å². The molecule has 2 aromatic carbocycles. The Labute approximate surface area is 196 Å². The molecule has 1 atom stereocenters. The fourth-order valence-electron chi connectivity index (χ4n) is 3.74. The van der Waals surface area contributed by atoms with Gasteiger partial charge in [-0.05, 0) is 55.7 Å². The van der Waals surface area contributed by atoms with Crippen molar-refractivity contribution in [3.8, 4) is 0 Å². The summed E-state index contributed by atoms with van der Waals surface area (Å²) in [6, 6.07) is 13.8. The first-order chi connectivity index (χ1) is 15.6. The quantitative estimate of drug-likeness (QED) is 0.556. The second-order valence-corrected chi connectivity index (χ2v) is 12.3. The van der Waals surface area contributed by atoms with Gasteiger partial charge in [0.15, 0.2) is 0 Å². The Morgan fingerprint density at radius 1 is 0.909 bits per heavy atom. The van der Waals surface area contributed by atoms with E-state index in [-0.39, 0.29) is 17.1 Å². The summed E-state index contributed by atoms with van der Waals surface area (Å²) in [5.41, 5.74) is 1.59. The van der Waals surface area contributed by atoms with Crippen LogP contribution in [0.2, 0.25) is 0 Å². The van der Waals surface area contributed by atoms with E-state index in [4.69, 9.17) is 0 Å². The summed E-state index contributed by atoms with van der Waals surface area (Å²) >= 11 is 0. The number of benzene rings is 2. The minimum Gasteiger partial charge on any atom is -0.372 e. The molecule has 0 unspecified atom stereocenters. The highest BCUT2D eigenvalue weighted by molar-refractivity contribution is 7.90. The summed E-state index contributed by atoms with van der Waals surface area (Å²) in [4.78, 5) is 15.3. The van der Waals surface area contributed by atoms with Crippen molar-refractivity contribution < 1.29 is 21.6 Å². The Bertz CT molecular complexity index is 1130. The van der Waals surface area contributed by atoms with Crippen LogP contribution in [0.4, 0.5) is 11.4 Å². The van der Waals surface area contributed by atoms with Crippen molar-refractivity contribution >= 4 is 37.1 Å². The minimum absolute atomic E-state index is 0.00367. The zero-order chi connectivity index (χ0) is 23.9. The van der Waals surface area contributed by atoms with E-state index in [9.17, 15) is 21.6 Å². The van der Waals surface area contributed by atoms with E-state index < -0.39 is 31.8 Å². The Balaban J connectivity index is 1.72. The Morgan fingerprint density at radius 3 is 2.09 bits per heavy atom. The van der Waals surface area contributed by atoms with Crippen molar-refractivity contribution in [3.63, 3.8) is 0 Å². The van der Waals surface area contributed by atoms with Crippen LogP contribution in [-0.2, 0) is 24.7 Å². The van der Waals surface area contributed by atoms with Gasteiger partial charge in [0, 0.05) is 30.7 Å². The summed E-state index contributed by atoms with van der Waals surface area (Å²) in [6.07, 6.45) is 5.65. The third kappa shape index (κ3) is 7.83. The van der Waals surface area contributed by atoms with Crippen LogP contribution < -0.4 is 14.9 Å². The number of hydrogen-bond donors (Lipinski definition) is 2. The van der Waals surface area contributed by atoms with Gasteiger partial charge >= 0.3 is 0 Å². The molecule has 0 aliphatic carbocycles. The fraction of sp³-hybridized carbons (Fsp3) is 0.435. The van der Waals surface area contributed by atoms with Gasteiger partial charge in [-0.15, -0.1) is 0 Å². The summed E-state index contributed by atoms with van der Waals surface area (Å²) in [6.45, 7) is 2.00. The molecule has 8 nitrogen and oxygen atoms in total. The molecule has 2 N–H and O–H groups in total. The lowest BCUT2D eigenvalue weighted by Gasteiger charge is -2.23. The molecule has 33 heavy (non-hydrogen) atoms. The lowest BCUT2D eigenvalue weighted by molar-refractivity contribution is -0.117. The van der Waals surface area contributed by atoms with Crippen molar-refractivity contribution in [2.45, 2.75) is 43.0 Å². The molecule has 0 saturated carbocycles. The molecule has 1 aliphatic heterocycles. The first kappa shape index (κ1) is 25.2.